The van der Waals surface area contributed by atoms with Gasteiger partial charge in [-0.2, -0.15) is 0 Å². The number of rotatable bonds is 6. The summed E-state index contributed by atoms with van der Waals surface area (Å²) in [5.41, 5.74) is 3.99. The molecule has 0 saturated carbocycles. The lowest BCUT2D eigenvalue weighted by atomic mass is 10.1. The molecule has 0 amide bonds. The molecule has 4 rings (SSSR count). The number of hydrogen-bond donors (Lipinski definition) is 0. The van der Waals surface area contributed by atoms with Crippen LogP contribution < -0.4 is 5.76 Å². The molecule has 6 nitrogen and oxygen atoms in total. The van der Waals surface area contributed by atoms with E-state index in [4.69, 9.17) is 13.6 Å². The maximum Gasteiger partial charge on any atom is 0.419 e. The smallest absolute Gasteiger partial charge is 0.419 e. The van der Waals surface area contributed by atoms with Gasteiger partial charge in [0.1, 0.15) is 5.58 Å². The molecule has 2 heterocycles. The normalized spacial score (nSPS) is 11.3. The van der Waals surface area contributed by atoms with Crippen LogP contribution in [0.2, 0.25) is 0 Å². The van der Waals surface area contributed by atoms with E-state index in [1.165, 1.54) is 0 Å². The zero-order valence-electron chi connectivity index (χ0n) is 14.9. The second kappa shape index (κ2) is 7.15. The second-order valence-corrected chi connectivity index (χ2v) is 6.50. The predicted molar refractivity (Wildman–Crippen MR) is 101 cm³/mol. The summed E-state index contributed by atoms with van der Waals surface area (Å²) in [6, 6.07) is 13.1. The van der Waals surface area contributed by atoms with Crippen molar-refractivity contribution in [2.24, 2.45) is 0 Å². The van der Waals surface area contributed by atoms with E-state index < -0.39 is 5.76 Å². The maximum absolute atomic E-state index is 12.1. The van der Waals surface area contributed by atoms with E-state index in [1.807, 2.05) is 43.3 Å². The first-order valence-electron chi connectivity index (χ1n) is 8.82. The largest absolute Gasteiger partial charge is 0.465 e. The SMILES string of the molecule is Cc1ccc2c(CC(=O)OCCCn3c(=O)oc4ccccc43)coc2c1. The molecule has 6 heteroatoms. The summed E-state index contributed by atoms with van der Waals surface area (Å²) in [6.07, 6.45) is 2.29. The Labute approximate surface area is 154 Å². The Kier molecular flexibility index (Phi) is 4.54. The van der Waals surface area contributed by atoms with Crippen LogP contribution in [-0.2, 0) is 22.5 Å². The van der Waals surface area contributed by atoms with Gasteiger partial charge in [0.15, 0.2) is 5.58 Å². The van der Waals surface area contributed by atoms with Gasteiger partial charge in [-0.25, -0.2) is 4.79 Å². The third-order valence-electron chi connectivity index (χ3n) is 4.51. The topological polar surface area (TPSA) is 74.6 Å². The van der Waals surface area contributed by atoms with Gasteiger partial charge in [0.05, 0.1) is 24.8 Å². The van der Waals surface area contributed by atoms with Gasteiger partial charge in [-0.15, -0.1) is 0 Å². The molecule has 2 aromatic heterocycles. The molecule has 0 bridgehead atoms. The molecule has 27 heavy (non-hydrogen) atoms. The van der Waals surface area contributed by atoms with E-state index in [0.717, 1.165) is 27.6 Å². The Morgan fingerprint density at radius 2 is 2.00 bits per heavy atom. The number of aryl methyl sites for hydroxylation is 2. The van der Waals surface area contributed by atoms with Crippen molar-refractivity contribution in [2.75, 3.05) is 6.61 Å². The van der Waals surface area contributed by atoms with Crippen LogP contribution in [-0.4, -0.2) is 17.1 Å². The molecule has 0 radical (unpaired) electrons. The fourth-order valence-electron chi connectivity index (χ4n) is 3.17. The van der Waals surface area contributed by atoms with Crippen LogP contribution in [0.15, 0.2) is 62.4 Å². The lowest BCUT2D eigenvalue weighted by Crippen LogP contribution is -2.16. The molecule has 2 aromatic carbocycles. The molecular weight excluding hydrogens is 346 g/mol. The van der Waals surface area contributed by atoms with Gasteiger partial charge in [0.25, 0.3) is 0 Å². The van der Waals surface area contributed by atoms with E-state index in [9.17, 15) is 9.59 Å². The van der Waals surface area contributed by atoms with Crippen LogP contribution >= 0.6 is 0 Å². The lowest BCUT2D eigenvalue weighted by molar-refractivity contribution is -0.142. The van der Waals surface area contributed by atoms with Crippen LogP contribution in [0.3, 0.4) is 0 Å². The molecule has 0 aliphatic heterocycles. The first kappa shape index (κ1) is 17.1. The van der Waals surface area contributed by atoms with E-state index in [0.29, 0.717) is 18.5 Å². The monoisotopic (exact) mass is 365 g/mol. The van der Waals surface area contributed by atoms with Gasteiger partial charge >= 0.3 is 11.7 Å². The van der Waals surface area contributed by atoms with Crippen molar-refractivity contribution in [3.8, 4) is 0 Å². The average molecular weight is 365 g/mol. The van der Waals surface area contributed by atoms with Crippen molar-refractivity contribution in [2.45, 2.75) is 26.3 Å². The molecule has 0 fully saturated rings. The van der Waals surface area contributed by atoms with E-state index in [2.05, 4.69) is 0 Å². The summed E-state index contributed by atoms with van der Waals surface area (Å²) in [6.45, 7) is 2.65. The zero-order valence-corrected chi connectivity index (χ0v) is 14.9. The fraction of sp³-hybridized carbons (Fsp3) is 0.238. The van der Waals surface area contributed by atoms with Gasteiger partial charge in [0, 0.05) is 17.5 Å². The highest BCUT2D eigenvalue weighted by atomic mass is 16.5. The number of aromatic nitrogens is 1. The highest BCUT2D eigenvalue weighted by molar-refractivity contribution is 5.86. The number of fused-ring (bicyclic) bond motifs is 2. The van der Waals surface area contributed by atoms with Crippen LogP contribution in [0.5, 0.6) is 0 Å². The summed E-state index contributed by atoms with van der Waals surface area (Å²) in [5.74, 6) is -0.717. The van der Waals surface area contributed by atoms with E-state index in [1.54, 1.807) is 16.9 Å². The third-order valence-corrected chi connectivity index (χ3v) is 4.51. The fourth-order valence-corrected chi connectivity index (χ4v) is 3.17. The first-order valence-corrected chi connectivity index (χ1v) is 8.82. The number of ether oxygens (including phenoxy) is 1. The molecule has 0 unspecified atom stereocenters. The number of nitrogens with zero attached hydrogens (tertiary/aromatic N) is 1. The third kappa shape index (κ3) is 3.51. The zero-order chi connectivity index (χ0) is 18.8. The Hall–Kier alpha value is -3.28. The number of benzene rings is 2. The van der Waals surface area contributed by atoms with Crippen LogP contribution in [0.25, 0.3) is 22.1 Å². The molecule has 0 aliphatic carbocycles. The number of carbonyl (C=O) groups excluding carboxylic acids is 1. The van der Waals surface area contributed by atoms with Gasteiger partial charge in [-0.05, 0) is 37.1 Å². The highest BCUT2D eigenvalue weighted by Crippen LogP contribution is 2.23. The molecule has 0 atom stereocenters. The average Bonchev–Trinajstić information content (AvgIpc) is 3.19. The number of para-hydroxylation sites is 2. The lowest BCUT2D eigenvalue weighted by Gasteiger charge is -2.05. The molecule has 0 saturated heterocycles. The molecule has 0 aliphatic rings. The Morgan fingerprint density at radius 3 is 2.89 bits per heavy atom. The van der Waals surface area contributed by atoms with Crippen LogP contribution in [0.1, 0.15) is 17.5 Å². The van der Waals surface area contributed by atoms with Crippen molar-refractivity contribution < 1.29 is 18.4 Å². The standard InChI is InChI=1S/C21H19NO5/c1-14-7-8-16-15(13-26-19(16)11-14)12-20(23)25-10-4-9-22-17-5-2-3-6-18(17)27-21(22)24/h2-3,5-8,11,13H,4,9-10,12H2,1H3. The van der Waals surface area contributed by atoms with Crippen LogP contribution in [0.4, 0.5) is 0 Å². The van der Waals surface area contributed by atoms with E-state index in [-0.39, 0.29) is 19.0 Å². The number of carbonyl (C=O) groups is 1. The quantitative estimate of drug-likeness (QED) is 0.383. The minimum Gasteiger partial charge on any atom is -0.465 e. The summed E-state index contributed by atoms with van der Waals surface area (Å²) >= 11 is 0. The van der Waals surface area contributed by atoms with Gasteiger partial charge in [-0.3, -0.25) is 9.36 Å². The van der Waals surface area contributed by atoms with Crippen molar-refractivity contribution in [3.05, 3.63) is 70.4 Å². The molecule has 0 N–H and O–H groups in total. The summed E-state index contributed by atoms with van der Waals surface area (Å²) in [4.78, 5) is 24.0. The minimum atomic E-state index is -0.400. The Balaban J connectivity index is 1.33. The second-order valence-electron chi connectivity index (χ2n) is 6.50. The van der Waals surface area contributed by atoms with Crippen molar-refractivity contribution in [1.29, 1.82) is 0 Å². The molecular formula is C21H19NO5. The maximum atomic E-state index is 12.1. The predicted octanol–water partition coefficient (Wildman–Crippen LogP) is 3.83. The van der Waals surface area contributed by atoms with Gasteiger partial charge < -0.3 is 13.6 Å². The Bertz CT molecular complexity index is 1160. The summed E-state index contributed by atoms with van der Waals surface area (Å²) in [5, 5.41) is 0.925. The van der Waals surface area contributed by atoms with Crippen molar-refractivity contribution in [1.82, 2.24) is 4.57 Å². The summed E-state index contributed by atoms with van der Waals surface area (Å²) in [7, 11) is 0. The van der Waals surface area contributed by atoms with E-state index >= 15 is 0 Å². The number of esters is 1. The van der Waals surface area contributed by atoms with Gasteiger partial charge in [0.2, 0.25) is 0 Å². The molecule has 4 aromatic rings. The van der Waals surface area contributed by atoms with Crippen molar-refractivity contribution in [3.63, 3.8) is 0 Å². The first-order chi connectivity index (χ1) is 13.1. The summed E-state index contributed by atoms with van der Waals surface area (Å²) < 4.78 is 17.6. The molecule has 0 spiro atoms. The molecule has 138 valence electrons. The highest BCUT2D eigenvalue weighted by Gasteiger charge is 2.12. The van der Waals surface area contributed by atoms with Crippen LogP contribution in [0, 0.1) is 6.92 Å². The minimum absolute atomic E-state index is 0.157. The number of furan rings is 1. The Morgan fingerprint density at radius 1 is 1.15 bits per heavy atom. The van der Waals surface area contributed by atoms with Gasteiger partial charge in [-0.1, -0.05) is 24.3 Å². The van der Waals surface area contributed by atoms with Crippen molar-refractivity contribution >= 4 is 28.0 Å². The number of hydrogen-bond acceptors (Lipinski definition) is 5. The number of oxazole rings is 1.